The summed E-state index contributed by atoms with van der Waals surface area (Å²) < 4.78 is 13.4. The largest absolute Gasteiger partial charge is 0.330 e. The Kier molecular flexibility index (Phi) is 3.41. The minimum Gasteiger partial charge on any atom is -0.330 e. The van der Waals surface area contributed by atoms with Crippen LogP contribution in [0.5, 0.6) is 0 Å². The molecule has 0 heterocycles. The Balaban J connectivity index is 2.93. The van der Waals surface area contributed by atoms with Crippen molar-refractivity contribution in [3.63, 3.8) is 0 Å². The Labute approximate surface area is 76.8 Å². The molecule has 0 radical (unpaired) electrons. The number of rotatable bonds is 3. The van der Waals surface area contributed by atoms with Crippen molar-refractivity contribution < 1.29 is 4.39 Å². The first kappa shape index (κ1) is 9.69. The van der Waals surface area contributed by atoms with Gasteiger partial charge >= 0.3 is 0 Å². The minimum absolute atomic E-state index is 0.263. The summed E-state index contributed by atoms with van der Waals surface area (Å²) in [6.07, 6.45) is -0.862. The van der Waals surface area contributed by atoms with Crippen LogP contribution in [0.4, 0.5) is 4.39 Å². The Bertz CT molecular complexity index is 317. The SMILES string of the molecule is N#Cc1ccccc1C(F)CCN. The number of hydrogen-bond donors (Lipinski definition) is 1. The lowest BCUT2D eigenvalue weighted by molar-refractivity contribution is 0.327. The highest BCUT2D eigenvalue weighted by atomic mass is 19.1. The zero-order chi connectivity index (χ0) is 9.68. The van der Waals surface area contributed by atoms with Crippen molar-refractivity contribution >= 4 is 0 Å². The molecule has 0 aliphatic rings. The minimum atomic E-state index is -1.12. The van der Waals surface area contributed by atoms with Gasteiger partial charge in [-0.15, -0.1) is 0 Å². The topological polar surface area (TPSA) is 49.8 Å². The molecule has 0 bridgehead atoms. The fourth-order valence-corrected chi connectivity index (χ4v) is 1.17. The summed E-state index contributed by atoms with van der Waals surface area (Å²) in [5, 5.41) is 8.69. The molecule has 1 rings (SSSR count). The molecule has 0 aliphatic carbocycles. The van der Waals surface area contributed by atoms with Crippen LogP contribution in [0.3, 0.4) is 0 Å². The first-order chi connectivity index (χ1) is 6.29. The van der Waals surface area contributed by atoms with E-state index in [1.807, 2.05) is 6.07 Å². The summed E-state index contributed by atoms with van der Waals surface area (Å²) in [6, 6.07) is 8.63. The number of halogens is 1. The Hall–Kier alpha value is -1.40. The molecular weight excluding hydrogens is 167 g/mol. The van der Waals surface area contributed by atoms with E-state index in [0.717, 1.165) is 0 Å². The first-order valence-electron chi connectivity index (χ1n) is 4.12. The standard InChI is InChI=1S/C10H11FN2/c11-10(5-6-12)9-4-2-1-3-8(9)7-13/h1-4,10H,5-6,12H2. The second kappa shape index (κ2) is 4.58. The number of nitrogens with two attached hydrogens (primary N) is 1. The van der Waals surface area contributed by atoms with Crippen molar-refractivity contribution in [1.29, 1.82) is 5.26 Å². The summed E-state index contributed by atoms with van der Waals surface area (Å²) in [6.45, 7) is 0.293. The van der Waals surface area contributed by atoms with Crippen LogP contribution in [-0.2, 0) is 0 Å². The number of alkyl halides is 1. The highest BCUT2D eigenvalue weighted by molar-refractivity contribution is 5.38. The molecule has 2 nitrogen and oxygen atoms in total. The zero-order valence-corrected chi connectivity index (χ0v) is 7.20. The predicted molar refractivity (Wildman–Crippen MR) is 48.7 cm³/mol. The summed E-state index contributed by atoms with van der Waals surface area (Å²) in [7, 11) is 0. The molecule has 0 spiro atoms. The van der Waals surface area contributed by atoms with E-state index in [-0.39, 0.29) is 6.42 Å². The van der Waals surface area contributed by atoms with Gasteiger partial charge in [0.1, 0.15) is 6.17 Å². The monoisotopic (exact) mass is 178 g/mol. The third kappa shape index (κ3) is 2.27. The molecule has 0 amide bonds. The number of hydrogen-bond acceptors (Lipinski definition) is 2. The van der Waals surface area contributed by atoms with Gasteiger partial charge in [0.05, 0.1) is 11.6 Å². The number of nitriles is 1. The van der Waals surface area contributed by atoms with Gasteiger partial charge in [0.2, 0.25) is 0 Å². The molecule has 68 valence electrons. The molecule has 1 aromatic carbocycles. The van der Waals surface area contributed by atoms with Crippen LogP contribution in [0, 0.1) is 11.3 Å². The van der Waals surface area contributed by atoms with E-state index >= 15 is 0 Å². The average molecular weight is 178 g/mol. The highest BCUT2D eigenvalue weighted by Gasteiger charge is 2.12. The second-order valence-corrected chi connectivity index (χ2v) is 2.74. The van der Waals surface area contributed by atoms with Gasteiger partial charge in [-0.1, -0.05) is 18.2 Å². The smallest absolute Gasteiger partial charge is 0.128 e. The quantitative estimate of drug-likeness (QED) is 0.768. The molecule has 1 unspecified atom stereocenters. The Morgan fingerprint density at radius 1 is 1.46 bits per heavy atom. The molecule has 1 atom stereocenters. The van der Waals surface area contributed by atoms with Crippen LogP contribution in [-0.4, -0.2) is 6.54 Å². The average Bonchev–Trinajstić information content (AvgIpc) is 2.18. The third-order valence-electron chi connectivity index (χ3n) is 1.84. The molecule has 3 heteroatoms. The van der Waals surface area contributed by atoms with E-state index in [1.165, 1.54) is 0 Å². The van der Waals surface area contributed by atoms with Crippen LogP contribution < -0.4 is 5.73 Å². The van der Waals surface area contributed by atoms with Crippen LogP contribution in [0.2, 0.25) is 0 Å². The molecule has 0 aliphatic heterocycles. The zero-order valence-electron chi connectivity index (χ0n) is 7.20. The van der Waals surface area contributed by atoms with Gasteiger partial charge in [0, 0.05) is 5.56 Å². The fourth-order valence-electron chi connectivity index (χ4n) is 1.17. The Morgan fingerprint density at radius 2 is 2.15 bits per heavy atom. The third-order valence-corrected chi connectivity index (χ3v) is 1.84. The van der Waals surface area contributed by atoms with E-state index in [2.05, 4.69) is 0 Å². The van der Waals surface area contributed by atoms with Crippen LogP contribution >= 0.6 is 0 Å². The van der Waals surface area contributed by atoms with Crippen LogP contribution in [0.25, 0.3) is 0 Å². The van der Waals surface area contributed by atoms with Crippen molar-refractivity contribution in [2.75, 3.05) is 6.54 Å². The van der Waals surface area contributed by atoms with E-state index in [9.17, 15) is 4.39 Å². The fraction of sp³-hybridized carbons (Fsp3) is 0.300. The molecule has 2 N–H and O–H groups in total. The van der Waals surface area contributed by atoms with Gasteiger partial charge in [-0.2, -0.15) is 5.26 Å². The maximum atomic E-state index is 13.4. The van der Waals surface area contributed by atoms with Crippen LogP contribution in [0.1, 0.15) is 23.7 Å². The van der Waals surface area contributed by atoms with Crippen molar-refractivity contribution in [3.8, 4) is 6.07 Å². The van der Waals surface area contributed by atoms with E-state index in [1.54, 1.807) is 24.3 Å². The number of nitrogens with zero attached hydrogens (tertiary/aromatic N) is 1. The van der Waals surface area contributed by atoms with Crippen molar-refractivity contribution in [3.05, 3.63) is 35.4 Å². The van der Waals surface area contributed by atoms with Gasteiger partial charge in [-0.3, -0.25) is 0 Å². The van der Waals surface area contributed by atoms with E-state index < -0.39 is 6.17 Å². The summed E-state index contributed by atoms with van der Waals surface area (Å²) in [5.41, 5.74) is 6.07. The first-order valence-corrected chi connectivity index (χ1v) is 4.12. The maximum absolute atomic E-state index is 13.4. The summed E-state index contributed by atoms with van der Waals surface area (Å²) >= 11 is 0. The maximum Gasteiger partial charge on any atom is 0.128 e. The van der Waals surface area contributed by atoms with Crippen LogP contribution in [0.15, 0.2) is 24.3 Å². The highest BCUT2D eigenvalue weighted by Crippen LogP contribution is 2.23. The van der Waals surface area contributed by atoms with E-state index in [0.29, 0.717) is 17.7 Å². The molecule has 0 saturated carbocycles. The lowest BCUT2D eigenvalue weighted by Crippen LogP contribution is -2.04. The van der Waals surface area contributed by atoms with Gasteiger partial charge in [0.15, 0.2) is 0 Å². The summed E-state index contributed by atoms with van der Waals surface area (Å²) in [5.74, 6) is 0. The Morgan fingerprint density at radius 3 is 2.77 bits per heavy atom. The normalized spacial score (nSPS) is 12.1. The molecule has 0 saturated heterocycles. The van der Waals surface area contributed by atoms with Crippen molar-refractivity contribution in [1.82, 2.24) is 0 Å². The van der Waals surface area contributed by atoms with E-state index in [4.69, 9.17) is 11.0 Å². The predicted octanol–water partition coefficient (Wildman–Crippen LogP) is 1.92. The van der Waals surface area contributed by atoms with Gasteiger partial charge in [-0.25, -0.2) is 4.39 Å². The molecular formula is C10H11FN2. The molecule has 0 aromatic heterocycles. The lowest BCUT2D eigenvalue weighted by Gasteiger charge is -2.07. The van der Waals surface area contributed by atoms with Crippen molar-refractivity contribution in [2.45, 2.75) is 12.6 Å². The molecule has 0 fully saturated rings. The lowest BCUT2D eigenvalue weighted by atomic mass is 10.0. The molecule has 13 heavy (non-hydrogen) atoms. The second-order valence-electron chi connectivity index (χ2n) is 2.74. The molecule has 1 aromatic rings. The van der Waals surface area contributed by atoms with Gasteiger partial charge in [0.25, 0.3) is 0 Å². The van der Waals surface area contributed by atoms with Gasteiger partial charge in [-0.05, 0) is 19.0 Å². The van der Waals surface area contributed by atoms with Crippen molar-refractivity contribution in [2.24, 2.45) is 5.73 Å². The van der Waals surface area contributed by atoms with Gasteiger partial charge < -0.3 is 5.73 Å². The number of benzene rings is 1. The summed E-state index contributed by atoms with van der Waals surface area (Å²) in [4.78, 5) is 0.